The summed E-state index contributed by atoms with van der Waals surface area (Å²) in [7, 11) is 0. The van der Waals surface area contributed by atoms with Crippen molar-refractivity contribution >= 4 is 39.1 Å². The van der Waals surface area contributed by atoms with Crippen LogP contribution in [-0.4, -0.2) is 18.4 Å². The van der Waals surface area contributed by atoms with Gasteiger partial charge in [-0.2, -0.15) is 0 Å². The van der Waals surface area contributed by atoms with Crippen LogP contribution in [0.2, 0.25) is 0 Å². The molecule has 0 radical (unpaired) electrons. The maximum Gasteiger partial charge on any atom is 0.291 e. The van der Waals surface area contributed by atoms with Crippen LogP contribution in [0.25, 0.3) is 0 Å². The molecule has 0 saturated heterocycles. The molecular formula is C23H23BrN2O4. The Balaban J connectivity index is 1.57. The summed E-state index contributed by atoms with van der Waals surface area (Å²) in [6.07, 6.45) is 1.43. The van der Waals surface area contributed by atoms with Crippen LogP contribution in [0.5, 0.6) is 5.75 Å². The second kappa shape index (κ2) is 9.17. The molecule has 0 fully saturated rings. The summed E-state index contributed by atoms with van der Waals surface area (Å²) in [5.41, 5.74) is 2.27. The van der Waals surface area contributed by atoms with E-state index in [2.05, 4.69) is 47.3 Å². The number of ether oxygens (including phenoxy) is 1. The fourth-order valence-electron chi connectivity index (χ4n) is 2.70. The average Bonchev–Trinajstić information content (AvgIpc) is 3.21. The summed E-state index contributed by atoms with van der Waals surface area (Å²) < 4.78 is 11.5. The Morgan fingerprint density at radius 3 is 2.37 bits per heavy atom. The molecule has 3 aromatic rings. The lowest BCUT2D eigenvalue weighted by atomic mass is 9.87. The topological polar surface area (TPSA) is 80.6 Å². The Labute approximate surface area is 183 Å². The molecule has 3 rings (SSSR count). The zero-order valence-electron chi connectivity index (χ0n) is 17.0. The standard InChI is InChI=1S/C23H23BrN2O4/c1-23(2,3)15-9-10-19(18(24)12-15)30-14-21(27)25-16-6-4-7-17(13-16)26-22(28)20-8-5-11-29-20/h4-13H,14H2,1-3H3,(H,25,27)(H,26,28). The van der Waals surface area contributed by atoms with Gasteiger partial charge in [-0.15, -0.1) is 0 Å². The molecule has 0 aliphatic rings. The highest BCUT2D eigenvalue weighted by atomic mass is 79.9. The number of hydrogen-bond donors (Lipinski definition) is 2. The van der Waals surface area contributed by atoms with E-state index in [9.17, 15) is 9.59 Å². The second-order valence-electron chi connectivity index (χ2n) is 7.74. The van der Waals surface area contributed by atoms with Crippen LogP contribution in [0.15, 0.2) is 69.8 Å². The van der Waals surface area contributed by atoms with E-state index in [0.29, 0.717) is 17.1 Å². The number of carbonyl (C=O) groups excluding carboxylic acids is 2. The molecule has 2 aromatic carbocycles. The van der Waals surface area contributed by atoms with Crippen molar-refractivity contribution < 1.29 is 18.7 Å². The summed E-state index contributed by atoms with van der Waals surface area (Å²) in [5, 5.41) is 5.48. The van der Waals surface area contributed by atoms with Gasteiger partial charge in [-0.25, -0.2) is 0 Å². The van der Waals surface area contributed by atoms with E-state index in [-0.39, 0.29) is 29.6 Å². The quantitative estimate of drug-likeness (QED) is 0.490. The molecule has 0 bridgehead atoms. The van der Waals surface area contributed by atoms with Gasteiger partial charge in [0.25, 0.3) is 11.8 Å². The number of nitrogens with one attached hydrogen (secondary N) is 2. The van der Waals surface area contributed by atoms with Crippen LogP contribution >= 0.6 is 15.9 Å². The maximum atomic E-state index is 12.3. The summed E-state index contributed by atoms with van der Waals surface area (Å²) in [5.74, 6) is 0.130. The highest BCUT2D eigenvalue weighted by molar-refractivity contribution is 9.10. The molecule has 0 unspecified atom stereocenters. The van der Waals surface area contributed by atoms with E-state index < -0.39 is 0 Å². The van der Waals surface area contributed by atoms with Gasteiger partial charge in [0.05, 0.1) is 10.7 Å². The van der Waals surface area contributed by atoms with Crippen molar-refractivity contribution in [1.82, 2.24) is 0 Å². The van der Waals surface area contributed by atoms with Crippen molar-refractivity contribution in [2.45, 2.75) is 26.2 Å². The predicted molar refractivity (Wildman–Crippen MR) is 120 cm³/mol. The van der Waals surface area contributed by atoms with Crippen LogP contribution in [-0.2, 0) is 10.2 Å². The minimum absolute atomic E-state index is 0.0236. The van der Waals surface area contributed by atoms with E-state index in [4.69, 9.17) is 9.15 Å². The molecule has 1 aromatic heterocycles. The van der Waals surface area contributed by atoms with Crippen molar-refractivity contribution in [1.29, 1.82) is 0 Å². The number of benzene rings is 2. The molecule has 0 aliphatic carbocycles. The molecule has 2 amide bonds. The van der Waals surface area contributed by atoms with Crippen molar-refractivity contribution in [2.24, 2.45) is 0 Å². The van der Waals surface area contributed by atoms with E-state index in [1.165, 1.54) is 11.8 Å². The lowest BCUT2D eigenvalue weighted by Gasteiger charge is -2.20. The second-order valence-corrected chi connectivity index (χ2v) is 8.60. The molecule has 0 spiro atoms. The summed E-state index contributed by atoms with van der Waals surface area (Å²) in [4.78, 5) is 24.4. The van der Waals surface area contributed by atoms with E-state index in [0.717, 1.165) is 4.47 Å². The molecule has 0 atom stereocenters. The Kier molecular flexibility index (Phi) is 6.62. The Morgan fingerprint density at radius 2 is 1.73 bits per heavy atom. The summed E-state index contributed by atoms with van der Waals surface area (Å²) in [6.45, 7) is 6.26. The van der Waals surface area contributed by atoms with Gasteiger partial charge < -0.3 is 19.8 Å². The van der Waals surface area contributed by atoms with E-state index in [1.54, 1.807) is 36.4 Å². The molecule has 7 heteroatoms. The Hall–Kier alpha value is -3.06. The molecule has 30 heavy (non-hydrogen) atoms. The van der Waals surface area contributed by atoms with Crippen LogP contribution in [0.4, 0.5) is 11.4 Å². The van der Waals surface area contributed by atoms with Crippen molar-refractivity contribution in [3.8, 4) is 5.75 Å². The number of rotatable bonds is 6. The maximum absolute atomic E-state index is 12.3. The molecule has 156 valence electrons. The first kappa shape index (κ1) is 21.6. The largest absolute Gasteiger partial charge is 0.483 e. The van der Waals surface area contributed by atoms with Crippen molar-refractivity contribution in [3.05, 3.63) is 76.7 Å². The van der Waals surface area contributed by atoms with Crippen LogP contribution in [0.1, 0.15) is 36.9 Å². The van der Waals surface area contributed by atoms with Crippen molar-refractivity contribution in [3.63, 3.8) is 0 Å². The Bertz CT molecular complexity index is 1040. The average molecular weight is 471 g/mol. The molecule has 0 saturated carbocycles. The molecule has 2 N–H and O–H groups in total. The third-order valence-electron chi connectivity index (χ3n) is 4.31. The highest BCUT2D eigenvalue weighted by Gasteiger charge is 2.16. The smallest absolute Gasteiger partial charge is 0.291 e. The number of hydrogen-bond acceptors (Lipinski definition) is 4. The number of halogens is 1. The van der Waals surface area contributed by atoms with E-state index in [1.807, 2.05) is 18.2 Å². The van der Waals surface area contributed by atoms with Gasteiger partial charge in [0.1, 0.15) is 5.75 Å². The summed E-state index contributed by atoms with van der Waals surface area (Å²) in [6, 6.07) is 15.9. The van der Waals surface area contributed by atoms with Crippen LogP contribution < -0.4 is 15.4 Å². The first-order valence-electron chi connectivity index (χ1n) is 9.40. The van der Waals surface area contributed by atoms with Gasteiger partial charge >= 0.3 is 0 Å². The van der Waals surface area contributed by atoms with Crippen molar-refractivity contribution in [2.75, 3.05) is 17.2 Å². The Morgan fingerprint density at radius 1 is 1.00 bits per heavy atom. The third kappa shape index (κ3) is 5.73. The third-order valence-corrected chi connectivity index (χ3v) is 4.93. The van der Waals surface area contributed by atoms with Crippen LogP contribution in [0, 0.1) is 0 Å². The zero-order valence-corrected chi connectivity index (χ0v) is 18.6. The fraction of sp³-hybridized carbons (Fsp3) is 0.217. The van der Waals surface area contributed by atoms with Gasteiger partial charge in [-0.3, -0.25) is 9.59 Å². The normalized spacial score (nSPS) is 11.1. The van der Waals surface area contributed by atoms with Crippen LogP contribution in [0.3, 0.4) is 0 Å². The number of furan rings is 1. The SMILES string of the molecule is CC(C)(C)c1ccc(OCC(=O)Nc2cccc(NC(=O)c3ccco3)c2)c(Br)c1. The van der Waals surface area contributed by atoms with Gasteiger partial charge in [-0.1, -0.05) is 32.9 Å². The lowest BCUT2D eigenvalue weighted by molar-refractivity contribution is -0.118. The van der Waals surface area contributed by atoms with E-state index >= 15 is 0 Å². The number of amides is 2. The number of carbonyl (C=O) groups is 2. The molecule has 1 heterocycles. The van der Waals surface area contributed by atoms with Gasteiger partial charge in [-0.05, 0) is 69.4 Å². The zero-order chi connectivity index (χ0) is 21.7. The monoisotopic (exact) mass is 470 g/mol. The predicted octanol–water partition coefficient (Wildman–Crippen LogP) is 5.61. The molecular weight excluding hydrogens is 448 g/mol. The molecule has 6 nitrogen and oxygen atoms in total. The molecule has 0 aliphatic heterocycles. The number of anilines is 2. The highest BCUT2D eigenvalue weighted by Crippen LogP contribution is 2.31. The first-order valence-corrected chi connectivity index (χ1v) is 10.2. The lowest BCUT2D eigenvalue weighted by Crippen LogP contribution is -2.20. The van der Waals surface area contributed by atoms with Gasteiger partial charge in [0.2, 0.25) is 0 Å². The minimum Gasteiger partial charge on any atom is -0.483 e. The van der Waals surface area contributed by atoms with Gasteiger partial charge in [0.15, 0.2) is 12.4 Å². The van der Waals surface area contributed by atoms with Gasteiger partial charge in [0, 0.05) is 11.4 Å². The fourth-order valence-corrected chi connectivity index (χ4v) is 3.19. The minimum atomic E-state index is -0.365. The first-order chi connectivity index (χ1) is 14.2. The summed E-state index contributed by atoms with van der Waals surface area (Å²) >= 11 is 3.50.